The minimum absolute atomic E-state index is 0.0650. The molecule has 0 aliphatic rings. The molecule has 0 unspecified atom stereocenters. The zero-order chi connectivity index (χ0) is 10.7. The highest BCUT2D eigenvalue weighted by atomic mass is 79.9. The maximum absolute atomic E-state index is 11.2. The Morgan fingerprint density at radius 3 is 2.71 bits per heavy atom. The van der Waals surface area contributed by atoms with E-state index < -0.39 is 0 Å². The summed E-state index contributed by atoms with van der Waals surface area (Å²) in [5.74, 6) is 0.483. The molecule has 0 fully saturated rings. The van der Waals surface area contributed by atoms with Crippen molar-refractivity contribution < 1.29 is 9.53 Å². The third-order valence-corrected chi connectivity index (χ3v) is 2.24. The molecule has 0 amide bonds. The molecule has 76 valence electrons. The first kappa shape index (κ1) is 11.0. The molecule has 0 heterocycles. The van der Waals surface area contributed by atoms with E-state index in [0.29, 0.717) is 23.6 Å². The van der Waals surface area contributed by atoms with E-state index in [2.05, 4.69) is 15.9 Å². The Bertz CT molecular complexity index is 363. The van der Waals surface area contributed by atoms with Crippen LogP contribution in [-0.2, 0) is 0 Å². The number of nitrogen functional groups attached to an aromatic ring is 1. The number of benzene rings is 1. The molecule has 0 aliphatic carbocycles. The lowest BCUT2D eigenvalue weighted by Crippen LogP contribution is -2.03. The van der Waals surface area contributed by atoms with Gasteiger partial charge in [0.15, 0.2) is 5.78 Å². The summed E-state index contributed by atoms with van der Waals surface area (Å²) in [6.07, 6.45) is 0. The van der Waals surface area contributed by atoms with E-state index in [-0.39, 0.29) is 5.78 Å². The monoisotopic (exact) mass is 257 g/mol. The summed E-state index contributed by atoms with van der Waals surface area (Å²) in [4.78, 5) is 11.2. The number of Topliss-reactive ketones (excluding diaryl/α,β-unsaturated/α-hetero) is 1. The second kappa shape index (κ2) is 4.46. The Kier molecular flexibility index (Phi) is 3.52. The van der Waals surface area contributed by atoms with Gasteiger partial charge in [-0.3, -0.25) is 4.79 Å². The smallest absolute Gasteiger partial charge is 0.162 e. The van der Waals surface area contributed by atoms with Crippen molar-refractivity contribution in [2.45, 2.75) is 13.8 Å². The van der Waals surface area contributed by atoms with Crippen LogP contribution in [0.15, 0.2) is 16.6 Å². The molecule has 1 aromatic carbocycles. The number of hydrogen-bond donors (Lipinski definition) is 1. The minimum atomic E-state index is -0.0650. The average molecular weight is 258 g/mol. The summed E-state index contributed by atoms with van der Waals surface area (Å²) in [6, 6.07) is 3.45. The number of hydrogen-bond acceptors (Lipinski definition) is 3. The van der Waals surface area contributed by atoms with Crippen LogP contribution in [0.1, 0.15) is 24.2 Å². The van der Waals surface area contributed by atoms with Crippen molar-refractivity contribution in [3.63, 3.8) is 0 Å². The molecule has 0 aromatic heterocycles. The first-order valence-corrected chi connectivity index (χ1v) is 5.08. The second-order valence-electron chi connectivity index (χ2n) is 2.85. The van der Waals surface area contributed by atoms with E-state index in [1.54, 1.807) is 12.1 Å². The molecule has 0 saturated carbocycles. The summed E-state index contributed by atoms with van der Waals surface area (Å²) < 4.78 is 6.09. The molecule has 0 bridgehead atoms. The third-order valence-electron chi connectivity index (χ3n) is 1.79. The molecule has 1 aromatic rings. The van der Waals surface area contributed by atoms with Gasteiger partial charge in [0, 0.05) is 10.0 Å². The molecule has 0 atom stereocenters. The van der Waals surface area contributed by atoms with Crippen LogP contribution in [0.25, 0.3) is 0 Å². The molecular weight excluding hydrogens is 246 g/mol. The standard InChI is InChI=1S/C10H12BrNO2/c1-3-14-9-5-7(11)4-8(6(2)13)10(9)12/h4-5H,3,12H2,1-2H3. The Labute approximate surface area is 91.4 Å². The van der Waals surface area contributed by atoms with Gasteiger partial charge in [0.25, 0.3) is 0 Å². The number of ether oxygens (including phenoxy) is 1. The maximum Gasteiger partial charge on any atom is 0.162 e. The van der Waals surface area contributed by atoms with Crippen LogP contribution in [0.4, 0.5) is 5.69 Å². The molecular formula is C10H12BrNO2. The largest absolute Gasteiger partial charge is 0.492 e. The normalized spacial score (nSPS) is 9.93. The highest BCUT2D eigenvalue weighted by Crippen LogP contribution is 2.30. The Hall–Kier alpha value is -1.03. The van der Waals surface area contributed by atoms with Gasteiger partial charge in [0.1, 0.15) is 5.75 Å². The molecule has 0 aliphatic heterocycles. The molecule has 1 rings (SSSR count). The second-order valence-corrected chi connectivity index (χ2v) is 3.77. The predicted octanol–water partition coefficient (Wildman–Crippen LogP) is 2.63. The van der Waals surface area contributed by atoms with Crippen LogP contribution in [-0.4, -0.2) is 12.4 Å². The SMILES string of the molecule is CCOc1cc(Br)cc(C(C)=O)c1N. The molecule has 3 nitrogen and oxygen atoms in total. The number of carbonyl (C=O) groups is 1. The summed E-state index contributed by atoms with van der Waals surface area (Å²) >= 11 is 3.30. The fourth-order valence-corrected chi connectivity index (χ4v) is 1.60. The minimum Gasteiger partial charge on any atom is -0.492 e. The van der Waals surface area contributed by atoms with Crippen molar-refractivity contribution in [1.29, 1.82) is 0 Å². The Morgan fingerprint density at radius 1 is 1.57 bits per heavy atom. The molecule has 14 heavy (non-hydrogen) atoms. The van der Waals surface area contributed by atoms with Gasteiger partial charge < -0.3 is 10.5 Å². The number of anilines is 1. The predicted molar refractivity (Wildman–Crippen MR) is 59.7 cm³/mol. The Balaban J connectivity index is 3.24. The average Bonchev–Trinajstić information content (AvgIpc) is 2.10. The van der Waals surface area contributed by atoms with Gasteiger partial charge in [-0.05, 0) is 26.0 Å². The summed E-state index contributed by atoms with van der Waals surface area (Å²) in [6.45, 7) is 3.87. The van der Waals surface area contributed by atoms with Crippen molar-refractivity contribution >= 4 is 27.4 Å². The molecule has 0 radical (unpaired) electrons. The third kappa shape index (κ3) is 2.26. The van der Waals surface area contributed by atoms with Crippen molar-refractivity contribution in [3.05, 3.63) is 22.2 Å². The van der Waals surface area contributed by atoms with Crippen LogP contribution in [0.3, 0.4) is 0 Å². The molecule has 0 spiro atoms. The lowest BCUT2D eigenvalue weighted by Gasteiger charge is -2.10. The lowest BCUT2D eigenvalue weighted by molar-refractivity contribution is 0.101. The van der Waals surface area contributed by atoms with Crippen LogP contribution in [0.5, 0.6) is 5.75 Å². The van der Waals surface area contributed by atoms with Gasteiger partial charge in [0.2, 0.25) is 0 Å². The zero-order valence-electron chi connectivity index (χ0n) is 8.13. The number of nitrogens with two attached hydrogens (primary N) is 1. The van der Waals surface area contributed by atoms with Crippen molar-refractivity contribution in [2.24, 2.45) is 0 Å². The number of carbonyl (C=O) groups excluding carboxylic acids is 1. The number of halogens is 1. The van der Waals surface area contributed by atoms with Crippen LogP contribution in [0.2, 0.25) is 0 Å². The number of ketones is 1. The Morgan fingerprint density at radius 2 is 2.21 bits per heavy atom. The van der Waals surface area contributed by atoms with Crippen molar-refractivity contribution in [3.8, 4) is 5.75 Å². The summed E-state index contributed by atoms with van der Waals surface area (Å²) in [5, 5.41) is 0. The quantitative estimate of drug-likeness (QED) is 0.669. The molecule has 2 N–H and O–H groups in total. The van der Waals surface area contributed by atoms with E-state index >= 15 is 0 Å². The van der Waals surface area contributed by atoms with Gasteiger partial charge in [-0.15, -0.1) is 0 Å². The van der Waals surface area contributed by atoms with Gasteiger partial charge in [-0.25, -0.2) is 0 Å². The fourth-order valence-electron chi connectivity index (χ4n) is 1.16. The van der Waals surface area contributed by atoms with E-state index in [4.69, 9.17) is 10.5 Å². The van der Waals surface area contributed by atoms with Crippen LogP contribution in [0, 0.1) is 0 Å². The van der Waals surface area contributed by atoms with Crippen molar-refractivity contribution in [1.82, 2.24) is 0 Å². The maximum atomic E-state index is 11.2. The van der Waals surface area contributed by atoms with E-state index in [1.807, 2.05) is 6.92 Å². The molecule has 0 saturated heterocycles. The van der Waals surface area contributed by atoms with Crippen LogP contribution < -0.4 is 10.5 Å². The van der Waals surface area contributed by atoms with Gasteiger partial charge >= 0.3 is 0 Å². The zero-order valence-corrected chi connectivity index (χ0v) is 9.72. The number of rotatable bonds is 3. The highest BCUT2D eigenvalue weighted by molar-refractivity contribution is 9.10. The summed E-state index contributed by atoms with van der Waals surface area (Å²) in [5.41, 5.74) is 6.67. The van der Waals surface area contributed by atoms with Gasteiger partial charge in [0.05, 0.1) is 12.3 Å². The first-order chi connectivity index (χ1) is 6.56. The van der Waals surface area contributed by atoms with Gasteiger partial charge in [-0.1, -0.05) is 15.9 Å². The van der Waals surface area contributed by atoms with E-state index in [0.717, 1.165) is 4.47 Å². The topological polar surface area (TPSA) is 52.3 Å². The fraction of sp³-hybridized carbons (Fsp3) is 0.300. The van der Waals surface area contributed by atoms with Crippen molar-refractivity contribution in [2.75, 3.05) is 12.3 Å². The van der Waals surface area contributed by atoms with Gasteiger partial charge in [-0.2, -0.15) is 0 Å². The van der Waals surface area contributed by atoms with E-state index in [1.165, 1.54) is 6.92 Å². The van der Waals surface area contributed by atoms with E-state index in [9.17, 15) is 4.79 Å². The van der Waals surface area contributed by atoms with Crippen LogP contribution >= 0.6 is 15.9 Å². The first-order valence-electron chi connectivity index (χ1n) is 4.29. The lowest BCUT2D eigenvalue weighted by atomic mass is 10.1. The molecule has 4 heteroatoms. The summed E-state index contributed by atoms with van der Waals surface area (Å²) in [7, 11) is 0. The highest BCUT2D eigenvalue weighted by Gasteiger charge is 2.11.